The van der Waals surface area contributed by atoms with Crippen molar-refractivity contribution in [1.82, 2.24) is 30.2 Å². The number of rotatable bonds is 16. The molecule has 6 unspecified atom stereocenters. The van der Waals surface area contributed by atoms with Gasteiger partial charge in [0, 0.05) is 40.0 Å². The van der Waals surface area contributed by atoms with Crippen molar-refractivity contribution in [3.63, 3.8) is 0 Å². The molecule has 85 heavy (non-hydrogen) atoms. The molecule has 0 saturated carbocycles. The molecule has 0 aromatic heterocycles. The van der Waals surface area contributed by atoms with Crippen LogP contribution in [0.5, 0.6) is 0 Å². The van der Waals surface area contributed by atoms with Crippen LogP contribution < -0.4 is 10.6 Å². The molecular formula is C66H78Cl6N6O7. The smallest absolute Gasteiger partial charge is 0.225 e. The van der Waals surface area contributed by atoms with Gasteiger partial charge in [-0.2, -0.15) is 0 Å². The largest absolute Gasteiger partial charge is 0.412 e. The number of amides is 4. The SMILES string of the molecule is CCN1CCCCC1OC1(c2ccc(Cl)c(Cl)c2)CN(Cc2ccccc2)C(=O)CC1(NC(C)=O)c1ccccc1.CCN1CCCCC1OC1(c2ccc(Cl)c(Cl)c2)CN(Cc2ccccc2)C(=O)CC1(NC(C)=O)c1ccccc1.Cl.Cl.O. The number of halogens is 6. The average Bonchev–Trinajstić information content (AvgIpc) is 3.07. The summed E-state index contributed by atoms with van der Waals surface area (Å²) in [6, 6.07) is 50.3. The van der Waals surface area contributed by atoms with Gasteiger partial charge < -0.3 is 35.4 Å². The Hall–Kier alpha value is -5.26. The van der Waals surface area contributed by atoms with Crippen LogP contribution in [0.2, 0.25) is 20.1 Å². The lowest BCUT2D eigenvalue weighted by molar-refractivity contribution is -0.230. The standard InChI is InChI=1S/2C33H37Cl2N3O3.2ClH.H2O/c2*1-3-37-19-11-10-16-31(37)41-33(27-17-18-28(34)29(35)20-27)23-38(22-25-12-6-4-7-13-25)30(40)21-32(33,36-24(2)39)26-14-8-5-9-15-26;;;/h2*4-9,12-15,17-18,20,31H,3,10-11,16,19,21-23H2,1-2H3,(H,36,39);2*1H;1H2. The summed E-state index contributed by atoms with van der Waals surface area (Å²) in [6.07, 6.45) is 5.55. The molecule has 4 N–H and O–H groups in total. The Morgan fingerprint density at radius 2 is 0.835 bits per heavy atom. The lowest BCUT2D eigenvalue weighted by atomic mass is 9.65. The number of piperidine rings is 4. The van der Waals surface area contributed by atoms with E-state index in [1.807, 2.05) is 155 Å². The van der Waals surface area contributed by atoms with Gasteiger partial charge in [-0.15, -0.1) is 24.8 Å². The molecule has 0 aliphatic carbocycles. The summed E-state index contributed by atoms with van der Waals surface area (Å²) in [7, 11) is 0. The maximum atomic E-state index is 14.1. The van der Waals surface area contributed by atoms with Gasteiger partial charge in [0.1, 0.15) is 34.7 Å². The molecule has 6 aromatic carbocycles. The predicted octanol–water partition coefficient (Wildman–Crippen LogP) is 13.0. The molecule has 4 heterocycles. The highest BCUT2D eigenvalue weighted by molar-refractivity contribution is 6.42. The molecule has 6 aromatic rings. The predicted molar refractivity (Wildman–Crippen MR) is 343 cm³/mol. The van der Waals surface area contributed by atoms with Gasteiger partial charge in [0.05, 0.1) is 46.0 Å². The van der Waals surface area contributed by atoms with E-state index in [0.29, 0.717) is 33.2 Å². The summed E-state index contributed by atoms with van der Waals surface area (Å²) in [4.78, 5) is 62.7. The first-order valence-electron chi connectivity index (χ1n) is 28.6. The number of nitrogens with zero attached hydrogens (tertiary/aromatic N) is 4. The summed E-state index contributed by atoms with van der Waals surface area (Å²) < 4.78 is 14.8. The topological polar surface area (TPSA) is 155 Å². The van der Waals surface area contributed by atoms with Crippen molar-refractivity contribution in [2.75, 3.05) is 39.3 Å². The van der Waals surface area contributed by atoms with E-state index in [2.05, 4.69) is 34.3 Å². The van der Waals surface area contributed by atoms with E-state index in [1.54, 1.807) is 12.1 Å². The second-order valence-corrected chi connectivity index (χ2v) is 23.7. The van der Waals surface area contributed by atoms with E-state index in [4.69, 9.17) is 55.9 Å². The zero-order valence-corrected chi connectivity index (χ0v) is 53.2. The van der Waals surface area contributed by atoms with Crippen LogP contribution >= 0.6 is 71.2 Å². The number of nitrogens with one attached hydrogen (secondary N) is 2. The quantitative estimate of drug-likeness (QED) is 0.0970. The Balaban J connectivity index is 0.000000263. The molecule has 456 valence electrons. The van der Waals surface area contributed by atoms with Gasteiger partial charge in [-0.25, -0.2) is 0 Å². The molecule has 4 aliphatic heterocycles. The lowest BCUT2D eigenvalue weighted by Gasteiger charge is -2.57. The molecule has 19 heteroatoms. The number of benzene rings is 6. The molecular weight excluding hydrogens is 1200 g/mol. The van der Waals surface area contributed by atoms with Crippen LogP contribution in [0.25, 0.3) is 0 Å². The summed E-state index contributed by atoms with van der Waals surface area (Å²) in [5.41, 5.74) is 0.358. The number of hydrogen-bond acceptors (Lipinski definition) is 8. The van der Waals surface area contributed by atoms with Crippen LogP contribution in [0, 0.1) is 0 Å². The highest BCUT2D eigenvalue weighted by Crippen LogP contribution is 2.54. The summed E-state index contributed by atoms with van der Waals surface area (Å²) in [5.74, 6) is -0.632. The van der Waals surface area contributed by atoms with Gasteiger partial charge >= 0.3 is 0 Å². The van der Waals surface area contributed by atoms with Gasteiger partial charge in [0.25, 0.3) is 0 Å². The van der Waals surface area contributed by atoms with Crippen molar-refractivity contribution in [3.05, 3.63) is 211 Å². The summed E-state index contributed by atoms with van der Waals surface area (Å²) in [5, 5.41) is 8.16. The number of likely N-dealkylation sites (tertiary alicyclic amines) is 4. The van der Waals surface area contributed by atoms with Gasteiger partial charge in [0.15, 0.2) is 0 Å². The minimum Gasteiger partial charge on any atom is -0.412 e. The first-order chi connectivity index (χ1) is 39.6. The molecule has 10 rings (SSSR count). The van der Waals surface area contributed by atoms with E-state index in [1.165, 1.54) is 13.8 Å². The highest BCUT2D eigenvalue weighted by Gasteiger charge is 2.64. The number of hydrogen-bond donors (Lipinski definition) is 2. The lowest BCUT2D eigenvalue weighted by Crippen LogP contribution is -2.71. The van der Waals surface area contributed by atoms with Crippen LogP contribution in [0.1, 0.15) is 112 Å². The molecule has 6 atom stereocenters. The van der Waals surface area contributed by atoms with Crippen molar-refractivity contribution >= 4 is 94.8 Å². The Bertz CT molecular complexity index is 2970. The highest BCUT2D eigenvalue weighted by atomic mass is 35.5. The van der Waals surface area contributed by atoms with Crippen LogP contribution in [-0.4, -0.2) is 100 Å². The van der Waals surface area contributed by atoms with E-state index in [0.717, 1.165) is 98.1 Å². The third-order valence-electron chi connectivity index (χ3n) is 16.9. The Morgan fingerprint density at radius 1 is 0.494 bits per heavy atom. The van der Waals surface area contributed by atoms with E-state index >= 15 is 0 Å². The van der Waals surface area contributed by atoms with Crippen molar-refractivity contribution in [2.45, 2.75) is 127 Å². The molecule has 4 saturated heterocycles. The number of carbonyl (C=O) groups is 4. The number of carbonyl (C=O) groups excluding carboxylic acids is 4. The second kappa shape index (κ2) is 30.6. The van der Waals surface area contributed by atoms with E-state index in [9.17, 15) is 19.2 Å². The fourth-order valence-electron chi connectivity index (χ4n) is 13.0. The van der Waals surface area contributed by atoms with Gasteiger partial charge in [-0.05, 0) is 109 Å². The fraction of sp³-hybridized carbons (Fsp3) is 0.394. The molecule has 0 bridgehead atoms. The maximum absolute atomic E-state index is 14.1. The molecule has 13 nitrogen and oxygen atoms in total. The van der Waals surface area contributed by atoms with Crippen LogP contribution in [0.15, 0.2) is 158 Å². The molecule has 4 amide bonds. The summed E-state index contributed by atoms with van der Waals surface area (Å²) in [6.45, 7) is 12.0. The first kappa shape index (κ1) is 68.8. The van der Waals surface area contributed by atoms with Crippen molar-refractivity contribution in [2.24, 2.45) is 0 Å². The fourth-order valence-corrected chi connectivity index (χ4v) is 13.5. The normalized spacial score (nSPS) is 24.3. The Kier molecular flexibility index (Phi) is 24.8. The molecule has 0 spiro atoms. The molecule has 4 fully saturated rings. The first-order valence-corrected chi connectivity index (χ1v) is 30.1. The zero-order chi connectivity index (χ0) is 58.1. The minimum absolute atomic E-state index is 0. The van der Waals surface area contributed by atoms with Crippen molar-refractivity contribution in [1.29, 1.82) is 0 Å². The Labute approximate surface area is 533 Å². The Morgan fingerprint density at radius 3 is 1.15 bits per heavy atom. The van der Waals surface area contributed by atoms with Crippen molar-refractivity contribution in [3.8, 4) is 0 Å². The van der Waals surface area contributed by atoms with Crippen molar-refractivity contribution < 1.29 is 34.1 Å². The minimum atomic E-state index is -1.21. The average molecular weight is 1280 g/mol. The zero-order valence-electron chi connectivity index (χ0n) is 48.5. The van der Waals surface area contributed by atoms with Crippen LogP contribution in [0.3, 0.4) is 0 Å². The molecule has 4 aliphatic rings. The molecule has 0 radical (unpaired) electrons. The summed E-state index contributed by atoms with van der Waals surface area (Å²) >= 11 is 26.2. The monoisotopic (exact) mass is 1280 g/mol. The van der Waals surface area contributed by atoms with E-state index in [-0.39, 0.29) is 92.3 Å². The van der Waals surface area contributed by atoms with Gasteiger partial charge in [-0.3, -0.25) is 29.0 Å². The van der Waals surface area contributed by atoms with Gasteiger partial charge in [-0.1, -0.05) is 194 Å². The van der Waals surface area contributed by atoms with Crippen LogP contribution in [-0.2, 0) is 64.0 Å². The second-order valence-electron chi connectivity index (χ2n) is 22.0. The maximum Gasteiger partial charge on any atom is 0.225 e. The third kappa shape index (κ3) is 14.8. The van der Waals surface area contributed by atoms with Gasteiger partial charge in [0.2, 0.25) is 23.6 Å². The third-order valence-corrected chi connectivity index (χ3v) is 18.3. The number of ether oxygens (including phenoxy) is 2. The van der Waals surface area contributed by atoms with E-state index < -0.39 is 22.3 Å². The van der Waals surface area contributed by atoms with Crippen LogP contribution in [0.4, 0.5) is 0 Å².